The highest BCUT2D eigenvalue weighted by molar-refractivity contribution is 5.78. The molecule has 2 unspecified atom stereocenters. The summed E-state index contributed by atoms with van der Waals surface area (Å²) in [7, 11) is 0. The Kier molecular flexibility index (Phi) is 2.73. The second kappa shape index (κ2) is 3.76. The lowest BCUT2D eigenvalue weighted by Gasteiger charge is -2.25. The quantitative estimate of drug-likeness (QED) is 0.715. The second-order valence-electron chi connectivity index (χ2n) is 4.93. The minimum absolute atomic E-state index is 0.0273. The minimum Gasteiger partial charge on any atom is -0.393 e. The number of aliphatic hydroxyl groups excluding tert-OH is 1. The summed E-state index contributed by atoms with van der Waals surface area (Å²) in [5, 5.41) is 9.40. The number of rotatable bonds is 2. The number of ether oxygens (including phenoxy) is 1. The van der Waals surface area contributed by atoms with E-state index >= 15 is 0 Å². The van der Waals surface area contributed by atoms with E-state index in [1.807, 2.05) is 18.7 Å². The van der Waals surface area contributed by atoms with Crippen LogP contribution in [0.5, 0.6) is 0 Å². The normalized spacial score (nSPS) is 34.9. The smallest absolute Gasteiger partial charge is 0.225 e. The molecule has 0 aromatic rings. The minimum atomic E-state index is -0.454. The maximum Gasteiger partial charge on any atom is 0.225 e. The van der Waals surface area contributed by atoms with Gasteiger partial charge in [-0.25, -0.2) is 0 Å². The molecule has 0 spiro atoms. The highest BCUT2D eigenvalue weighted by atomic mass is 16.5. The maximum absolute atomic E-state index is 11.8. The first-order valence-corrected chi connectivity index (χ1v) is 5.62. The lowest BCUT2D eigenvalue weighted by atomic mass is 9.92. The number of nitrogens with zero attached hydrogens (tertiary/aromatic N) is 1. The van der Waals surface area contributed by atoms with Crippen LogP contribution in [-0.2, 0) is 9.53 Å². The zero-order chi connectivity index (χ0) is 11.1. The Hall–Kier alpha value is -0.610. The molecule has 4 heteroatoms. The molecule has 0 aliphatic carbocycles. The Bertz CT molecular complexity index is 267. The molecule has 2 heterocycles. The first kappa shape index (κ1) is 10.9. The highest BCUT2D eigenvalue weighted by Crippen LogP contribution is 2.38. The summed E-state index contributed by atoms with van der Waals surface area (Å²) in [5.74, 6) is 0.519. The van der Waals surface area contributed by atoms with E-state index in [1.165, 1.54) is 0 Å². The monoisotopic (exact) mass is 213 g/mol. The van der Waals surface area contributed by atoms with Crippen molar-refractivity contribution >= 4 is 5.91 Å². The molecule has 0 radical (unpaired) electrons. The third-order valence-corrected chi connectivity index (χ3v) is 3.57. The summed E-state index contributed by atoms with van der Waals surface area (Å²) in [6.07, 6.45) is 0.961. The van der Waals surface area contributed by atoms with Crippen molar-refractivity contribution in [2.75, 3.05) is 26.3 Å². The van der Waals surface area contributed by atoms with Gasteiger partial charge in [-0.2, -0.15) is 0 Å². The van der Waals surface area contributed by atoms with Gasteiger partial charge in [0.05, 0.1) is 13.2 Å². The number of aliphatic hydroxyl groups is 1. The molecule has 2 saturated heterocycles. The van der Waals surface area contributed by atoms with Gasteiger partial charge in [-0.3, -0.25) is 4.79 Å². The van der Waals surface area contributed by atoms with Gasteiger partial charge < -0.3 is 14.7 Å². The lowest BCUT2D eigenvalue weighted by molar-refractivity contribution is -0.135. The summed E-state index contributed by atoms with van der Waals surface area (Å²) in [5.41, 5.74) is -0.454. The zero-order valence-electron chi connectivity index (χ0n) is 9.40. The summed E-state index contributed by atoms with van der Waals surface area (Å²) in [6, 6.07) is 0. The van der Waals surface area contributed by atoms with E-state index in [2.05, 4.69) is 0 Å². The van der Waals surface area contributed by atoms with E-state index in [0.29, 0.717) is 12.5 Å². The predicted octanol–water partition coefficient (Wildman–Crippen LogP) is 0.252. The van der Waals surface area contributed by atoms with Gasteiger partial charge in [0.15, 0.2) is 0 Å². The van der Waals surface area contributed by atoms with E-state index in [0.717, 1.165) is 19.6 Å². The molecule has 0 aromatic heterocycles. The molecule has 86 valence electrons. The molecule has 4 nitrogen and oxygen atoms in total. The summed E-state index contributed by atoms with van der Waals surface area (Å²) in [4.78, 5) is 13.7. The van der Waals surface area contributed by atoms with Crippen LogP contribution in [0.3, 0.4) is 0 Å². The van der Waals surface area contributed by atoms with Crippen molar-refractivity contribution in [1.29, 1.82) is 0 Å². The molecular weight excluding hydrogens is 194 g/mol. The molecule has 2 aliphatic heterocycles. The first-order chi connectivity index (χ1) is 7.09. The molecule has 1 amide bonds. The lowest BCUT2D eigenvalue weighted by Crippen LogP contribution is -2.42. The predicted molar refractivity (Wildman–Crippen MR) is 55.3 cm³/mol. The van der Waals surface area contributed by atoms with Gasteiger partial charge in [-0.1, -0.05) is 13.8 Å². The molecule has 2 fully saturated rings. The Labute approximate surface area is 90.2 Å². The van der Waals surface area contributed by atoms with E-state index < -0.39 is 5.60 Å². The van der Waals surface area contributed by atoms with E-state index in [4.69, 9.17) is 4.74 Å². The molecule has 2 atom stereocenters. The number of hydrogen-bond donors (Lipinski definition) is 1. The van der Waals surface area contributed by atoms with Gasteiger partial charge in [0.2, 0.25) is 5.91 Å². The number of hydrogen-bond acceptors (Lipinski definition) is 3. The van der Waals surface area contributed by atoms with E-state index in [-0.39, 0.29) is 18.4 Å². The number of carbonyl (C=O) groups is 1. The molecule has 2 aliphatic rings. The van der Waals surface area contributed by atoms with Gasteiger partial charge in [-0.05, 0) is 6.42 Å². The summed E-state index contributed by atoms with van der Waals surface area (Å²) < 4.78 is 5.63. The van der Waals surface area contributed by atoms with Crippen molar-refractivity contribution in [3.05, 3.63) is 0 Å². The third kappa shape index (κ3) is 1.66. The van der Waals surface area contributed by atoms with Crippen LogP contribution in [0.1, 0.15) is 20.3 Å². The van der Waals surface area contributed by atoms with Gasteiger partial charge in [0.1, 0.15) is 5.60 Å². The van der Waals surface area contributed by atoms with Crippen LogP contribution in [0.25, 0.3) is 0 Å². The molecule has 0 saturated carbocycles. The van der Waals surface area contributed by atoms with Crippen LogP contribution in [0, 0.1) is 11.8 Å². The number of carbonyl (C=O) groups excluding carboxylic acids is 1. The first-order valence-electron chi connectivity index (χ1n) is 5.62. The fourth-order valence-electron chi connectivity index (χ4n) is 2.63. The molecule has 1 N–H and O–H groups in total. The average molecular weight is 213 g/mol. The zero-order valence-corrected chi connectivity index (χ0v) is 9.40. The van der Waals surface area contributed by atoms with Gasteiger partial charge in [0, 0.05) is 25.0 Å². The molecule has 0 bridgehead atoms. The van der Waals surface area contributed by atoms with Crippen molar-refractivity contribution in [3.8, 4) is 0 Å². The van der Waals surface area contributed by atoms with Gasteiger partial charge >= 0.3 is 0 Å². The van der Waals surface area contributed by atoms with Crippen LogP contribution in [0.2, 0.25) is 0 Å². The highest BCUT2D eigenvalue weighted by Gasteiger charge is 2.51. The average Bonchev–Trinajstić information content (AvgIpc) is 2.72. The fourth-order valence-corrected chi connectivity index (χ4v) is 2.63. The molecular formula is C11H19NO3. The van der Waals surface area contributed by atoms with Gasteiger partial charge in [0.25, 0.3) is 0 Å². The van der Waals surface area contributed by atoms with Crippen molar-refractivity contribution in [1.82, 2.24) is 4.90 Å². The largest absolute Gasteiger partial charge is 0.393 e. The topological polar surface area (TPSA) is 49.8 Å². The molecule has 2 rings (SSSR count). The van der Waals surface area contributed by atoms with Crippen molar-refractivity contribution in [3.63, 3.8) is 0 Å². The van der Waals surface area contributed by atoms with Gasteiger partial charge in [-0.15, -0.1) is 0 Å². The number of fused-ring (bicyclic) bond motifs is 1. The Morgan fingerprint density at radius 1 is 1.67 bits per heavy atom. The Morgan fingerprint density at radius 2 is 2.40 bits per heavy atom. The summed E-state index contributed by atoms with van der Waals surface area (Å²) in [6.45, 7) is 5.86. The van der Waals surface area contributed by atoms with Crippen molar-refractivity contribution in [2.45, 2.75) is 25.9 Å². The SMILES string of the molecule is CC(C)C(=O)N1CC2CCOC2(CO)C1. The van der Waals surface area contributed by atoms with Crippen molar-refractivity contribution in [2.24, 2.45) is 11.8 Å². The van der Waals surface area contributed by atoms with Crippen LogP contribution in [-0.4, -0.2) is 47.8 Å². The fraction of sp³-hybridized carbons (Fsp3) is 0.909. The van der Waals surface area contributed by atoms with E-state index in [9.17, 15) is 9.90 Å². The molecule has 15 heavy (non-hydrogen) atoms. The van der Waals surface area contributed by atoms with Crippen LogP contribution in [0.4, 0.5) is 0 Å². The summed E-state index contributed by atoms with van der Waals surface area (Å²) >= 11 is 0. The Morgan fingerprint density at radius 3 is 2.93 bits per heavy atom. The van der Waals surface area contributed by atoms with Crippen LogP contribution >= 0.6 is 0 Å². The van der Waals surface area contributed by atoms with Crippen molar-refractivity contribution < 1.29 is 14.6 Å². The van der Waals surface area contributed by atoms with Crippen LogP contribution in [0.15, 0.2) is 0 Å². The number of amides is 1. The number of likely N-dealkylation sites (tertiary alicyclic amines) is 1. The standard InChI is InChI=1S/C11H19NO3/c1-8(2)10(14)12-5-9-3-4-15-11(9,6-12)7-13/h8-9,13H,3-7H2,1-2H3. The van der Waals surface area contributed by atoms with Crippen LogP contribution < -0.4 is 0 Å². The van der Waals surface area contributed by atoms with E-state index in [1.54, 1.807) is 0 Å². The maximum atomic E-state index is 11.8. The Balaban J connectivity index is 2.08. The second-order valence-corrected chi connectivity index (χ2v) is 4.93. The third-order valence-electron chi connectivity index (χ3n) is 3.57. The molecule has 0 aromatic carbocycles.